The molecule has 20 heavy (non-hydrogen) atoms. The van der Waals surface area contributed by atoms with Crippen LogP contribution in [0.15, 0.2) is 24.3 Å². The van der Waals surface area contributed by atoms with Gasteiger partial charge in [0.25, 0.3) is 0 Å². The van der Waals surface area contributed by atoms with Crippen LogP contribution in [0.4, 0.5) is 22.0 Å². The van der Waals surface area contributed by atoms with Gasteiger partial charge in [-0.1, -0.05) is 11.6 Å². The maximum absolute atomic E-state index is 13.1. The average Bonchev–Trinajstić information content (AvgIpc) is 2.29. The molecule has 0 saturated carbocycles. The number of alkyl halides is 3. The van der Waals surface area contributed by atoms with Crippen LogP contribution in [0.5, 0.6) is 11.6 Å². The van der Waals surface area contributed by atoms with E-state index in [1.165, 1.54) is 0 Å². The van der Waals surface area contributed by atoms with Crippen LogP contribution in [0.3, 0.4) is 0 Å². The van der Waals surface area contributed by atoms with E-state index in [-0.39, 0.29) is 10.9 Å². The van der Waals surface area contributed by atoms with Crippen LogP contribution >= 0.6 is 11.6 Å². The lowest BCUT2D eigenvalue weighted by atomic mass is 10.2. The maximum Gasteiger partial charge on any atom is 0.419 e. The lowest BCUT2D eigenvalue weighted by Gasteiger charge is -2.10. The number of nitrogens with zero attached hydrogens (tertiary/aromatic N) is 2. The van der Waals surface area contributed by atoms with E-state index < -0.39 is 29.5 Å². The average molecular weight is 311 g/mol. The number of hydrogen-bond acceptors (Lipinski definition) is 3. The predicted octanol–water partition coefficient (Wildman–Crippen LogP) is 4.22. The minimum Gasteiger partial charge on any atom is -0.439 e. The molecule has 0 amide bonds. The van der Waals surface area contributed by atoms with E-state index >= 15 is 0 Å². The second-order valence-corrected chi connectivity index (χ2v) is 3.93. The Morgan fingerprint density at radius 2 is 1.75 bits per heavy atom. The molecule has 1 aromatic carbocycles. The van der Waals surface area contributed by atoms with Gasteiger partial charge in [0, 0.05) is 6.07 Å². The summed E-state index contributed by atoms with van der Waals surface area (Å²) in [5.41, 5.74) is -1.50. The van der Waals surface area contributed by atoms with Crippen molar-refractivity contribution in [3.05, 3.63) is 46.9 Å². The predicted molar refractivity (Wildman–Crippen MR) is 58.5 cm³/mol. The molecule has 0 radical (unpaired) electrons. The molecule has 0 aliphatic carbocycles. The van der Waals surface area contributed by atoms with Crippen molar-refractivity contribution in [1.82, 2.24) is 9.97 Å². The van der Waals surface area contributed by atoms with Crippen molar-refractivity contribution in [2.24, 2.45) is 0 Å². The number of ether oxygens (including phenoxy) is 1. The van der Waals surface area contributed by atoms with Gasteiger partial charge in [-0.05, 0) is 18.2 Å². The summed E-state index contributed by atoms with van der Waals surface area (Å²) in [5, 5.41) is -0.286. The summed E-state index contributed by atoms with van der Waals surface area (Å²) in [6.07, 6.45) is -6.08. The summed E-state index contributed by atoms with van der Waals surface area (Å²) in [6, 6.07) is 2.96. The van der Waals surface area contributed by atoms with Gasteiger partial charge in [0.15, 0.2) is 0 Å². The van der Waals surface area contributed by atoms with Crippen LogP contribution in [0, 0.1) is 11.9 Å². The Balaban J connectivity index is 2.35. The molecule has 0 saturated heterocycles. The first-order valence-corrected chi connectivity index (χ1v) is 5.38. The second-order valence-electron chi connectivity index (χ2n) is 3.54. The van der Waals surface area contributed by atoms with Crippen molar-refractivity contribution >= 4 is 11.6 Å². The SMILES string of the molecule is Fc1nc(Cl)cc(Oc2ccc(F)c(C(F)(F)F)c2)n1. The van der Waals surface area contributed by atoms with E-state index in [4.69, 9.17) is 16.3 Å². The zero-order chi connectivity index (χ0) is 14.9. The molecular formula is C11H4ClF5N2O. The third-order valence-corrected chi connectivity index (χ3v) is 2.30. The first-order chi connectivity index (χ1) is 9.25. The first-order valence-electron chi connectivity index (χ1n) is 5.00. The molecule has 1 aromatic heterocycles. The number of hydrogen-bond donors (Lipinski definition) is 0. The molecule has 0 fully saturated rings. The molecule has 0 spiro atoms. The Labute approximate surface area is 114 Å². The summed E-state index contributed by atoms with van der Waals surface area (Å²) in [7, 11) is 0. The standard InChI is InChI=1S/C11H4ClF5N2O/c12-8-4-9(19-10(14)18-8)20-5-1-2-7(13)6(3-5)11(15,16)17/h1-4H. The summed E-state index contributed by atoms with van der Waals surface area (Å²) in [5.74, 6) is -2.22. The van der Waals surface area contributed by atoms with Crippen LogP contribution in [0.2, 0.25) is 5.15 Å². The molecule has 0 N–H and O–H groups in total. The summed E-state index contributed by atoms with van der Waals surface area (Å²) < 4.78 is 68.3. The Kier molecular flexibility index (Phi) is 3.76. The van der Waals surface area contributed by atoms with Gasteiger partial charge in [-0.2, -0.15) is 27.5 Å². The highest BCUT2D eigenvalue weighted by molar-refractivity contribution is 6.29. The monoisotopic (exact) mass is 310 g/mol. The molecule has 0 unspecified atom stereocenters. The smallest absolute Gasteiger partial charge is 0.419 e. The normalized spacial score (nSPS) is 11.5. The lowest BCUT2D eigenvalue weighted by Crippen LogP contribution is -2.08. The van der Waals surface area contributed by atoms with Gasteiger partial charge in [0.1, 0.15) is 16.7 Å². The van der Waals surface area contributed by atoms with Crippen LogP contribution in [-0.4, -0.2) is 9.97 Å². The van der Waals surface area contributed by atoms with E-state index in [1.54, 1.807) is 0 Å². The number of benzene rings is 1. The van der Waals surface area contributed by atoms with Crippen LogP contribution < -0.4 is 4.74 Å². The van der Waals surface area contributed by atoms with E-state index in [1.807, 2.05) is 0 Å². The third kappa shape index (κ3) is 3.32. The molecule has 2 rings (SSSR count). The highest BCUT2D eigenvalue weighted by atomic mass is 35.5. The van der Waals surface area contributed by atoms with E-state index in [2.05, 4.69) is 9.97 Å². The highest BCUT2D eigenvalue weighted by Gasteiger charge is 2.34. The molecule has 0 bridgehead atoms. The molecular weight excluding hydrogens is 307 g/mol. The van der Waals surface area contributed by atoms with Gasteiger partial charge < -0.3 is 4.74 Å². The Morgan fingerprint density at radius 3 is 2.35 bits per heavy atom. The van der Waals surface area contributed by atoms with Crippen LogP contribution in [0.25, 0.3) is 0 Å². The summed E-state index contributed by atoms with van der Waals surface area (Å²) in [6.45, 7) is 0. The van der Waals surface area contributed by atoms with Gasteiger partial charge in [-0.15, -0.1) is 0 Å². The summed E-state index contributed by atoms with van der Waals surface area (Å²) >= 11 is 5.43. The van der Waals surface area contributed by atoms with E-state index in [0.29, 0.717) is 12.1 Å². The number of aromatic nitrogens is 2. The van der Waals surface area contributed by atoms with Crippen molar-refractivity contribution in [3.63, 3.8) is 0 Å². The lowest BCUT2D eigenvalue weighted by molar-refractivity contribution is -0.140. The van der Waals surface area contributed by atoms with E-state index in [9.17, 15) is 22.0 Å². The number of halogens is 6. The fourth-order valence-electron chi connectivity index (χ4n) is 1.33. The number of rotatable bonds is 2. The third-order valence-electron chi connectivity index (χ3n) is 2.11. The van der Waals surface area contributed by atoms with Crippen molar-refractivity contribution < 1.29 is 26.7 Å². The Morgan fingerprint density at radius 1 is 1.05 bits per heavy atom. The highest BCUT2D eigenvalue weighted by Crippen LogP contribution is 2.34. The molecule has 9 heteroatoms. The molecule has 2 aromatic rings. The fraction of sp³-hybridized carbons (Fsp3) is 0.0909. The zero-order valence-corrected chi connectivity index (χ0v) is 10.1. The molecule has 106 valence electrons. The molecule has 0 aliphatic rings. The topological polar surface area (TPSA) is 35.0 Å². The Bertz CT molecular complexity index is 627. The van der Waals surface area contributed by atoms with Crippen molar-refractivity contribution in [3.8, 4) is 11.6 Å². The Hall–Kier alpha value is -1.96. The van der Waals surface area contributed by atoms with Gasteiger partial charge in [-0.3, -0.25) is 0 Å². The minimum atomic E-state index is -4.88. The maximum atomic E-state index is 13.1. The van der Waals surface area contributed by atoms with Gasteiger partial charge in [0.05, 0.1) is 5.56 Å². The van der Waals surface area contributed by atoms with Gasteiger partial charge >= 0.3 is 12.3 Å². The quantitative estimate of drug-likeness (QED) is 0.473. The second kappa shape index (κ2) is 5.20. The van der Waals surface area contributed by atoms with Crippen molar-refractivity contribution in [2.75, 3.05) is 0 Å². The van der Waals surface area contributed by atoms with Crippen LogP contribution in [-0.2, 0) is 6.18 Å². The molecule has 3 nitrogen and oxygen atoms in total. The van der Waals surface area contributed by atoms with Crippen molar-refractivity contribution in [1.29, 1.82) is 0 Å². The van der Waals surface area contributed by atoms with E-state index in [0.717, 1.165) is 12.1 Å². The zero-order valence-electron chi connectivity index (χ0n) is 9.38. The van der Waals surface area contributed by atoms with Gasteiger partial charge in [0.2, 0.25) is 5.88 Å². The largest absolute Gasteiger partial charge is 0.439 e. The minimum absolute atomic E-state index is 0.286. The molecule has 0 aliphatic heterocycles. The molecule has 0 atom stereocenters. The summed E-state index contributed by atoms with van der Waals surface area (Å²) in [4.78, 5) is 6.30. The fourth-order valence-corrected chi connectivity index (χ4v) is 1.49. The van der Waals surface area contributed by atoms with Gasteiger partial charge in [-0.25, -0.2) is 4.39 Å². The van der Waals surface area contributed by atoms with Crippen LogP contribution in [0.1, 0.15) is 5.56 Å². The first kappa shape index (κ1) is 14.4. The molecule has 1 heterocycles. The van der Waals surface area contributed by atoms with Crippen molar-refractivity contribution in [2.45, 2.75) is 6.18 Å².